The monoisotopic (exact) mass is 358 g/mol. The lowest BCUT2D eigenvalue weighted by molar-refractivity contribution is 0.277. The highest BCUT2D eigenvalue weighted by molar-refractivity contribution is 8.02. The number of likely N-dealkylation sites (N-methyl/N-ethyl adjacent to an activating group) is 1. The van der Waals surface area contributed by atoms with Gasteiger partial charge in [-0.1, -0.05) is 37.9 Å². The van der Waals surface area contributed by atoms with Crippen LogP contribution in [0.1, 0.15) is 32.3 Å². The fraction of sp³-hybridized carbons (Fsp3) is 0.450. The fourth-order valence-electron chi connectivity index (χ4n) is 3.48. The van der Waals surface area contributed by atoms with Crippen molar-refractivity contribution >= 4 is 29.7 Å². The first-order valence-corrected chi connectivity index (χ1v) is 9.78. The summed E-state index contributed by atoms with van der Waals surface area (Å²) in [6.07, 6.45) is 6.42. The molecule has 1 fully saturated rings. The van der Waals surface area contributed by atoms with Crippen molar-refractivity contribution in [3.05, 3.63) is 40.4 Å². The Labute approximate surface area is 155 Å². The lowest BCUT2D eigenvalue weighted by Crippen LogP contribution is -2.37. The molecule has 0 saturated carbocycles. The maximum atomic E-state index is 5.80. The molecule has 25 heavy (non-hydrogen) atoms. The van der Waals surface area contributed by atoms with Gasteiger partial charge in [0.15, 0.2) is 0 Å². The van der Waals surface area contributed by atoms with Gasteiger partial charge in [-0.2, -0.15) is 0 Å². The second-order valence-corrected chi connectivity index (χ2v) is 7.29. The number of likely N-dealkylation sites (tertiary alicyclic amines) is 1. The summed E-state index contributed by atoms with van der Waals surface area (Å²) in [4.78, 5) is 8.51. The standard InChI is InChI=1S/C20H30N4S/c1-6-17-15(5)19(25-8-3)20(23-18(17)12-14(4)21)22-13-16-10-9-11-24(16)7-2/h6,8,12,16H,3-4,7,9-11,13,21H2,1-2,5H3,(H,22,23)/b17-6-,18-12+. The number of hydrogen-bond donors (Lipinski definition) is 2. The minimum atomic E-state index is 0.512. The van der Waals surface area contributed by atoms with E-state index in [1.807, 2.05) is 18.4 Å². The van der Waals surface area contributed by atoms with E-state index >= 15 is 0 Å². The van der Waals surface area contributed by atoms with Crippen LogP contribution >= 0.6 is 11.8 Å². The first-order valence-electron chi connectivity index (χ1n) is 8.90. The number of nitrogens with two attached hydrogens (primary N) is 1. The summed E-state index contributed by atoms with van der Waals surface area (Å²) >= 11 is 1.61. The van der Waals surface area contributed by atoms with Crippen LogP contribution in [-0.4, -0.2) is 35.6 Å². The number of nitrogens with zero attached hydrogens (tertiary/aromatic N) is 2. The average molecular weight is 359 g/mol. The third kappa shape index (κ3) is 4.67. The molecule has 1 aliphatic rings. The Kier molecular flexibility index (Phi) is 7.14. The zero-order valence-corrected chi connectivity index (χ0v) is 16.5. The van der Waals surface area contributed by atoms with Gasteiger partial charge in [0.2, 0.25) is 0 Å². The molecule has 1 saturated heterocycles. The van der Waals surface area contributed by atoms with E-state index in [0.29, 0.717) is 11.7 Å². The Balaban J connectivity index is 2.42. The third-order valence-electron chi connectivity index (χ3n) is 4.69. The summed E-state index contributed by atoms with van der Waals surface area (Å²) in [6.45, 7) is 17.2. The van der Waals surface area contributed by atoms with E-state index in [-0.39, 0.29) is 0 Å². The number of hydrogen-bond acceptors (Lipinski definition) is 5. The van der Waals surface area contributed by atoms with Gasteiger partial charge in [-0.3, -0.25) is 4.90 Å². The minimum Gasteiger partial charge on any atom is -0.399 e. The van der Waals surface area contributed by atoms with Crippen molar-refractivity contribution in [1.82, 2.24) is 9.88 Å². The molecule has 1 atom stereocenters. The quantitative estimate of drug-likeness (QED) is 0.734. The topological polar surface area (TPSA) is 54.2 Å². The van der Waals surface area contributed by atoms with Crippen LogP contribution in [0.15, 0.2) is 29.2 Å². The third-order valence-corrected chi connectivity index (χ3v) is 5.59. The van der Waals surface area contributed by atoms with Crippen molar-refractivity contribution in [2.24, 2.45) is 5.73 Å². The van der Waals surface area contributed by atoms with Gasteiger partial charge in [-0.25, -0.2) is 4.98 Å². The molecule has 3 N–H and O–H groups in total. The van der Waals surface area contributed by atoms with E-state index in [2.05, 4.69) is 43.3 Å². The highest BCUT2D eigenvalue weighted by Gasteiger charge is 2.23. The van der Waals surface area contributed by atoms with E-state index in [1.165, 1.54) is 24.9 Å². The molecule has 0 spiro atoms. The van der Waals surface area contributed by atoms with Crippen molar-refractivity contribution in [3.63, 3.8) is 0 Å². The molecule has 1 aliphatic heterocycles. The van der Waals surface area contributed by atoms with Crippen LogP contribution in [0, 0.1) is 6.92 Å². The Morgan fingerprint density at radius 2 is 2.28 bits per heavy atom. The van der Waals surface area contributed by atoms with Crippen LogP contribution in [0.3, 0.4) is 0 Å². The van der Waals surface area contributed by atoms with Gasteiger partial charge in [-0.05, 0) is 56.8 Å². The van der Waals surface area contributed by atoms with Crippen molar-refractivity contribution in [2.75, 3.05) is 25.0 Å². The van der Waals surface area contributed by atoms with Crippen LogP contribution in [0.5, 0.6) is 0 Å². The summed E-state index contributed by atoms with van der Waals surface area (Å²) in [6, 6.07) is 0.572. The molecule has 0 amide bonds. The summed E-state index contributed by atoms with van der Waals surface area (Å²) in [7, 11) is 0. The number of anilines is 1. The van der Waals surface area contributed by atoms with Gasteiger partial charge in [0, 0.05) is 23.5 Å². The second-order valence-electron chi connectivity index (χ2n) is 6.31. The molecule has 0 aliphatic carbocycles. The molecule has 1 aromatic rings. The fourth-order valence-corrected chi connectivity index (χ4v) is 4.16. The van der Waals surface area contributed by atoms with E-state index in [4.69, 9.17) is 10.7 Å². The molecule has 1 aromatic heterocycles. The van der Waals surface area contributed by atoms with Gasteiger partial charge in [-0.15, -0.1) is 0 Å². The Morgan fingerprint density at radius 1 is 1.52 bits per heavy atom. The summed E-state index contributed by atoms with van der Waals surface area (Å²) in [5.41, 5.74) is 7.51. The van der Waals surface area contributed by atoms with Crippen LogP contribution < -0.4 is 21.6 Å². The van der Waals surface area contributed by atoms with Crippen molar-refractivity contribution < 1.29 is 0 Å². The smallest absolute Gasteiger partial charge is 0.141 e. The predicted molar refractivity (Wildman–Crippen MR) is 111 cm³/mol. The molecule has 0 aromatic carbocycles. The Bertz CT molecular complexity index is 754. The zero-order valence-electron chi connectivity index (χ0n) is 15.6. The molecule has 2 heterocycles. The van der Waals surface area contributed by atoms with Crippen molar-refractivity contribution in [3.8, 4) is 0 Å². The lowest BCUT2D eigenvalue weighted by Gasteiger charge is -2.24. The first kappa shape index (κ1) is 19.6. The number of rotatable bonds is 7. The summed E-state index contributed by atoms with van der Waals surface area (Å²) < 4.78 is 0. The molecule has 5 heteroatoms. The highest BCUT2D eigenvalue weighted by atomic mass is 32.2. The van der Waals surface area contributed by atoms with Gasteiger partial charge < -0.3 is 11.1 Å². The lowest BCUT2D eigenvalue weighted by atomic mass is 10.1. The number of nitrogens with one attached hydrogen (secondary N) is 1. The maximum Gasteiger partial charge on any atom is 0.141 e. The molecular weight excluding hydrogens is 328 g/mol. The number of pyridine rings is 1. The molecule has 0 radical (unpaired) electrons. The summed E-state index contributed by atoms with van der Waals surface area (Å²) in [5, 5.41) is 7.40. The molecule has 1 unspecified atom stereocenters. The Morgan fingerprint density at radius 3 is 2.88 bits per heavy atom. The van der Waals surface area contributed by atoms with Crippen LogP contribution in [0.25, 0.3) is 12.2 Å². The maximum absolute atomic E-state index is 5.80. The molecule has 0 bridgehead atoms. The van der Waals surface area contributed by atoms with Crippen LogP contribution in [0.4, 0.5) is 5.82 Å². The number of aromatic nitrogens is 1. The van der Waals surface area contributed by atoms with E-state index < -0.39 is 0 Å². The average Bonchev–Trinajstić information content (AvgIpc) is 3.03. The van der Waals surface area contributed by atoms with Gasteiger partial charge in [0.1, 0.15) is 5.82 Å². The Hall–Kier alpha value is -1.72. The molecular formula is C20H30N4S. The largest absolute Gasteiger partial charge is 0.399 e. The van der Waals surface area contributed by atoms with Crippen LogP contribution in [0.2, 0.25) is 0 Å². The van der Waals surface area contributed by atoms with Gasteiger partial charge >= 0.3 is 0 Å². The van der Waals surface area contributed by atoms with Crippen molar-refractivity contribution in [2.45, 2.75) is 44.6 Å². The first-order chi connectivity index (χ1) is 12.0. The normalized spacial score (nSPS) is 19.4. The zero-order chi connectivity index (χ0) is 18.4. The SMILES string of the molecule is C=CSc1c(NCC2CCCN2CC)nc(=C/C(=C)N)/c(=C\C)c1C. The number of allylic oxidation sites excluding steroid dienone is 1. The molecule has 4 nitrogen and oxygen atoms in total. The molecule has 2 rings (SSSR count). The summed E-state index contributed by atoms with van der Waals surface area (Å²) in [5.74, 6) is 0.906. The molecule has 136 valence electrons. The highest BCUT2D eigenvalue weighted by Crippen LogP contribution is 2.27. The predicted octanol–water partition coefficient (Wildman–Crippen LogP) is 2.58. The number of thioether (sulfide) groups is 1. The van der Waals surface area contributed by atoms with Gasteiger partial charge in [0.05, 0.1) is 10.2 Å². The van der Waals surface area contributed by atoms with Crippen LogP contribution in [-0.2, 0) is 0 Å². The minimum absolute atomic E-state index is 0.512. The van der Waals surface area contributed by atoms with Gasteiger partial charge in [0.25, 0.3) is 0 Å². The van der Waals surface area contributed by atoms with E-state index in [0.717, 1.165) is 34.4 Å². The van der Waals surface area contributed by atoms with Crippen molar-refractivity contribution in [1.29, 1.82) is 0 Å². The van der Waals surface area contributed by atoms with E-state index in [1.54, 1.807) is 11.8 Å². The second kappa shape index (κ2) is 9.11. The van der Waals surface area contributed by atoms with E-state index in [9.17, 15) is 0 Å².